The van der Waals surface area contributed by atoms with Gasteiger partial charge in [0.15, 0.2) is 0 Å². The van der Waals surface area contributed by atoms with Gasteiger partial charge in [-0.05, 0) is 43.0 Å². The molecule has 1 saturated heterocycles. The van der Waals surface area contributed by atoms with Crippen LogP contribution in [0.5, 0.6) is 5.75 Å². The van der Waals surface area contributed by atoms with Crippen LogP contribution in [0.4, 0.5) is 0 Å². The molecule has 1 heterocycles. The quantitative estimate of drug-likeness (QED) is 0.768. The van der Waals surface area contributed by atoms with Crippen LogP contribution in [0.15, 0.2) is 24.3 Å². The van der Waals surface area contributed by atoms with Crippen LogP contribution in [-0.2, 0) is 6.54 Å². The molecule has 0 aromatic heterocycles. The fraction of sp³-hybridized carbons (Fsp3) is 0.625. The van der Waals surface area contributed by atoms with Crippen LogP contribution in [0.1, 0.15) is 31.7 Å². The molecule has 2 rings (SSSR count). The molecule has 0 amide bonds. The van der Waals surface area contributed by atoms with Gasteiger partial charge in [-0.25, -0.2) is 0 Å². The number of ether oxygens (including phenoxy) is 1. The van der Waals surface area contributed by atoms with Crippen LogP contribution in [0, 0.1) is 5.92 Å². The fourth-order valence-electron chi connectivity index (χ4n) is 2.65. The minimum absolute atomic E-state index is 0.591. The normalized spacial score (nSPS) is 19.8. The van der Waals surface area contributed by atoms with Crippen LogP contribution >= 0.6 is 0 Å². The summed E-state index contributed by atoms with van der Waals surface area (Å²) in [7, 11) is 0. The number of nitrogens with two attached hydrogens (primary N) is 1. The van der Waals surface area contributed by atoms with Crippen molar-refractivity contribution in [3.63, 3.8) is 0 Å². The van der Waals surface area contributed by atoms with Crippen molar-refractivity contribution in [3.05, 3.63) is 29.8 Å². The summed E-state index contributed by atoms with van der Waals surface area (Å²) in [6.45, 7) is 7.40. The molecule has 1 aliphatic heterocycles. The van der Waals surface area contributed by atoms with Crippen molar-refractivity contribution in [2.75, 3.05) is 26.2 Å². The van der Waals surface area contributed by atoms with E-state index >= 15 is 0 Å². The molecule has 106 valence electrons. The topological polar surface area (TPSA) is 38.5 Å². The smallest absolute Gasteiger partial charge is 0.119 e. The molecule has 3 heteroatoms. The lowest BCUT2D eigenvalue weighted by molar-refractivity contribution is 0.258. The number of hydrogen-bond donors (Lipinski definition) is 1. The number of benzene rings is 1. The molecule has 0 saturated carbocycles. The summed E-state index contributed by atoms with van der Waals surface area (Å²) < 4.78 is 5.75. The van der Waals surface area contributed by atoms with Crippen LogP contribution < -0.4 is 10.5 Å². The van der Waals surface area contributed by atoms with E-state index in [4.69, 9.17) is 10.5 Å². The Kier molecular flexibility index (Phi) is 5.67. The molecule has 1 unspecified atom stereocenters. The average molecular weight is 262 g/mol. The van der Waals surface area contributed by atoms with Gasteiger partial charge in [-0.2, -0.15) is 0 Å². The minimum Gasteiger partial charge on any atom is -0.494 e. The molecule has 3 nitrogen and oxygen atoms in total. The first kappa shape index (κ1) is 14.4. The second kappa shape index (κ2) is 7.51. The predicted octanol–water partition coefficient (Wildman–Crippen LogP) is 2.65. The molecule has 1 fully saturated rings. The average Bonchev–Trinajstić information content (AvgIpc) is 2.92. The van der Waals surface area contributed by atoms with E-state index in [9.17, 15) is 0 Å². The summed E-state index contributed by atoms with van der Waals surface area (Å²) in [4.78, 5) is 2.56. The van der Waals surface area contributed by atoms with Gasteiger partial charge in [0.25, 0.3) is 0 Å². The SMILES string of the molecule is CCC1CCN(CCCOc2ccc(CN)cc2)C1. The first-order valence-corrected chi connectivity index (χ1v) is 7.46. The highest BCUT2D eigenvalue weighted by Gasteiger charge is 2.19. The van der Waals surface area contributed by atoms with Gasteiger partial charge in [0, 0.05) is 19.6 Å². The number of nitrogens with zero attached hydrogens (tertiary/aromatic N) is 1. The van der Waals surface area contributed by atoms with E-state index in [-0.39, 0.29) is 0 Å². The van der Waals surface area contributed by atoms with E-state index in [0.717, 1.165) is 36.8 Å². The monoisotopic (exact) mass is 262 g/mol. The van der Waals surface area contributed by atoms with Gasteiger partial charge in [0.1, 0.15) is 5.75 Å². The maximum absolute atomic E-state index is 5.75. The minimum atomic E-state index is 0.591. The molecule has 0 spiro atoms. The van der Waals surface area contributed by atoms with Gasteiger partial charge in [-0.15, -0.1) is 0 Å². The highest BCUT2D eigenvalue weighted by atomic mass is 16.5. The molecule has 0 radical (unpaired) electrons. The van der Waals surface area contributed by atoms with Crippen molar-refractivity contribution in [1.29, 1.82) is 0 Å². The molecule has 1 aromatic rings. The fourth-order valence-corrected chi connectivity index (χ4v) is 2.65. The summed E-state index contributed by atoms with van der Waals surface area (Å²) in [6, 6.07) is 8.07. The summed E-state index contributed by atoms with van der Waals surface area (Å²) in [5, 5.41) is 0. The third-order valence-electron chi connectivity index (χ3n) is 3.99. The van der Waals surface area contributed by atoms with E-state index in [1.54, 1.807) is 0 Å². The van der Waals surface area contributed by atoms with Gasteiger partial charge >= 0.3 is 0 Å². The predicted molar refractivity (Wildman–Crippen MR) is 79.3 cm³/mol. The van der Waals surface area contributed by atoms with Gasteiger partial charge in [-0.3, -0.25) is 0 Å². The first-order chi connectivity index (χ1) is 9.31. The maximum Gasteiger partial charge on any atom is 0.119 e. The lowest BCUT2D eigenvalue weighted by Crippen LogP contribution is -2.23. The zero-order chi connectivity index (χ0) is 13.5. The number of likely N-dealkylation sites (tertiary alicyclic amines) is 1. The molecular weight excluding hydrogens is 236 g/mol. The number of rotatable bonds is 7. The third kappa shape index (κ3) is 4.51. The largest absolute Gasteiger partial charge is 0.494 e. The van der Waals surface area contributed by atoms with Crippen LogP contribution in [0.2, 0.25) is 0 Å². The van der Waals surface area contributed by atoms with Crippen molar-refractivity contribution in [2.24, 2.45) is 11.7 Å². The summed E-state index contributed by atoms with van der Waals surface area (Å²) in [6.07, 6.45) is 3.80. The highest BCUT2D eigenvalue weighted by molar-refractivity contribution is 5.26. The van der Waals surface area contributed by atoms with Crippen molar-refractivity contribution < 1.29 is 4.74 Å². The molecule has 1 atom stereocenters. The van der Waals surface area contributed by atoms with E-state index < -0.39 is 0 Å². The molecule has 2 N–H and O–H groups in total. The van der Waals surface area contributed by atoms with E-state index in [1.807, 2.05) is 24.3 Å². The summed E-state index contributed by atoms with van der Waals surface area (Å²) in [5.41, 5.74) is 6.72. The van der Waals surface area contributed by atoms with Crippen molar-refractivity contribution in [2.45, 2.75) is 32.7 Å². The lowest BCUT2D eigenvalue weighted by Gasteiger charge is -2.15. The van der Waals surface area contributed by atoms with Crippen LogP contribution in [0.3, 0.4) is 0 Å². The zero-order valence-corrected chi connectivity index (χ0v) is 12.0. The lowest BCUT2D eigenvalue weighted by atomic mass is 10.1. The van der Waals surface area contributed by atoms with Gasteiger partial charge in [0.05, 0.1) is 6.61 Å². The Morgan fingerprint density at radius 1 is 1.32 bits per heavy atom. The second-order valence-electron chi connectivity index (χ2n) is 5.41. The first-order valence-electron chi connectivity index (χ1n) is 7.46. The molecule has 0 bridgehead atoms. The standard InChI is InChI=1S/C16H26N2O/c1-2-14-8-10-18(13-14)9-3-11-19-16-6-4-15(12-17)5-7-16/h4-7,14H,2-3,8-13,17H2,1H3. The molecule has 1 aromatic carbocycles. The molecule has 1 aliphatic rings. The molecule has 0 aliphatic carbocycles. The van der Waals surface area contributed by atoms with Crippen LogP contribution in [-0.4, -0.2) is 31.1 Å². The van der Waals surface area contributed by atoms with Gasteiger partial charge in [0.2, 0.25) is 0 Å². The Labute approximate surface area is 116 Å². The van der Waals surface area contributed by atoms with Gasteiger partial charge < -0.3 is 15.4 Å². The molecule has 19 heavy (non-hydrogen) atoms. The van der Waals surface area contributed by atoms with Crippen LogP contribution in [0.25, 0.3) is 0 Å². The number of hydrogen-bond acceptors (Lipinski definition) is 3. The summed E-state index contributed by atoms with van der Waals surface area (Å²) in [5.74, 6) is 1.87. The van der Waals surface area contributed by atoms with Crippen molar-refractivity contribution >= 4 is 0 Å². The second-order valence-corrected chi connectivity index (χ2v) is 5.41. The third-order valence-corrected chi connectivity index (χ3v) is 3.99. The Morgan fingerprint density at radius 2 is 2.11 bits per heavy atom. The summed E-state index contributed by atoms with van der Waals surface area (Å²) >= 11 is 0. The Balaban J connectivity index is 1.61. The van der Waals surface area contributed by atoms with Gasteiger partial charge in [-0.1, -0.05) is 25.5 Å². The Hall–Kier alpha value is -1.06. The molecular formula is C16H26N2O. The zero-order valence-electron chi connectivity index (χ0n) is 12.0. The van der Waals surface area contributed by atoms with Crippen molar-refractivity contribution in [3.8, 4) is 5.75 Å². The Morgan fingerprint density at radius 3 is 2.74 bits per heavy atom. The maximum atomic E-state index is 5.75. The highest BCUT2D eigenvalue weighted by Crippen LogP contribution is 2.19. The van der Waals surface area contributed by atoms with E-state index in [2.05, 4.69) is 11.8 Å². The Bertz CT molecular complexity index is 364. The van der Waals surface area contributed by atoms with Crippen molar-refractivity contribution in [1.82, 2.24) is 4.90 Å². The van der Waals surface area contributed by atoms with E-state index in [1.165, 1.54) is 25.9 Å². The van der Waals surface area contributed by atoms with E-state index in [0.29, 0.717) is 6.54 Å².